The second-order valence-corrected chi connectivity index (χ2v) is 6.37. The van der Waals surface area contributed by atoms with Gasteiger partial charge in [0.05, 0.1) is 10.8 Å². The van der Waals surface area contributed by atoms with Crippen molar-refractivity contribution in [2.75, 3.05) is 13.1 Å². The Balaban J connectivity index is 1.84. The van der Waals surface area contributed by atoms with E-state index >= 15 is 0 Å². The van der Waals surface area contributed by atoms with Crippen molar-refractivity contribution in [2.24, 2.45) is 5.92 Å². The highest BCUT2D eigenvalue weighted by Gasteiger charge is 2.30. The van der Waals surface area contributed by atoms with Crippen LogP contribution in [0.5, 0.6) is 0 Å². The largest absolute Gasteiger partial charge is 0.481 e. The first-order chi connectivity index (χ1) is 10.7. The second-order valence-electron chi connectivity index (χ2n) is 5.46. The van der Waals surface area contributed by atoms with Crippen molar-refractivity contribution in [3.8, 4) is 11.1 Å². The number of piperidine rings is 1. The van der Waals surface area contributed by atoms with Crippen LogP contribution in [0.15, 0.2) is 41.8 Å². The summed E-state index contributed by atoms with van der Waals surface area (Å²) >= 11 is 1.42. The predicted molar refractivity (Wildman–Crippen MR) is 86.0 cm³/mol. The van der Waals surface area contributed by atoms with E-state index in [0.29, 0.717) is 24.4 Å². The third-order valence-electron chi connectivity index (χ3n) is 4.00. The molecular formula is C17H17NO3S. The number of rotatable bonds is 3. The summed E-state index contributed by atoms with van der Waals surface area (Å²) in [6.45, 7) is 0.940. The van der Waals surface area contributed by atoms with Crippen LogP contribution in [0.25, 0.3) is 11.1 Å². The minimum atomic E-state index is -0.813. The molecule has 1 N–H and O–H groups in total. The molecular weight excluding hydrogens is 298 g/mol. The summed E-state index contributed by atoms with van der Waals surface area (Å²) in [5.41, 5.74) is 1.94. The summed E-state index contributed by atoms with van der Waals surface area (Å²) in [5, 5.41) is 11.1. The summed E-state index contributed by atoms with van der Waals surface area (Å²) in [5.74, 6) is -1.32. The third kappa shape index (κ3) is 2.90. The molecule has 1 atom stereocenters. The van der Waals surface area contributed by atoms with Crippen molar-refractivity contribution in [3.63, 3.8) is 0 Å². The molecule has 1 aliphatic rings. The van der Waals surface area contributed by atoms with Gasteiger partial charge >= 0.3 is 5.97 Å². The molecule has 1 amide bonds. The zero-order valence-electron chi connectivity index (χ0n) is 12.1. The number of carboxylic acid groups (broad SMARTS) is 1. The Kier molecular flexibility index (Phi) is 4.24. The molecule has 3 rings (SSSR count). The number of likely N-dealkylation sites (tertiary alicyclic amines) is 1. The maximum Gasteiger partial charge on any atom is 0.308 e. The van der Waals surface area contributed by atoms with Gasteiger partial charge in [0, 0.05) is 18.7 Å². The highest BCUT2D eigenvalue weighted by atomic mass is 32.1. The Morgan fingerprint density at radius 2 is 1.95 bits per heavy atom. The molecule has 5 heteroatoms. The first-order valence-corrected chi connectivity index (χ1v) is 8.20. The number of aliphatic carboxylic acids is 1. The van der Waals surface area contributed by atoms with Crippen LogP contribution in [0, 0.1) is 5.92 Å². The number of carboxylic acids is 1. The summed E-state index contributed by atoms with van der Waals surface area (Å²) in [6.07, 6.45) is 1.39. The van der Waals surface area contributed by atoms with Crippen LogP contribution in [-0.2, 0) is 4.79 Å². The van der Waals surface area contributed by atoms with E-state index < -0.39 is 11.9 Å². The number of thiophene rings is 1. The van der Waals surface area contributed by atoms with Gasteiger partial charge in [-0.05, 0) is 29.9 Å². The van der Waals surface area contributed by atoms with E-state index in [4.69, 9.17) is 5.11 Å². The van der Waals surface area contributed by atoms with Crippen LogP contribution in [0.4, 0.5) is 0 Å². The number of amides is 1. The van der Waals surface area contributed by atoms with Gasteiger partial charge in [-0.25, -0.2) is 0 Å². The molecule has 0 spiro atoms. The Bertz CT molecular complexity index is 680. The zero-order valence-corrected chi connectivity index (χ0v) is 12.9. The molecule has 1 saturated heterocycles. The average molecular weight is 315 g/mol. The molecule has 1 aliphatic heterocycles. The van der Waals surface area contributed by atoms with Crippen LogP contribution in [0.2, 0.25) is 0 Å². The van der Waals surface area contributed by atoms with E-state index in [2.05, 4.69) is 0 Å². The molecule has 2 heterocycles. The SMILES string of the molecule is O=C(O)C1CCCN(C(=O)c2sccc2-c2ccccc2)C1. The molecule has 22 heavy (non-hydrogen) atoms. The van der Waals surface area contributed by atoms with Crippen LogP contribution >= 0.6 is 11.3 Å². The fraction of sp³-hybridized carbons (Fsp3) is 0.294. The minimum absolute atomic E-state index is 0.0557. The van der Waals surface area contributed by atoms with Gasteiger partial charge in [0.1, 0.15) is 0 Å². The van der Waals surface area contributed by atoms with Crippen LogP contribution in [-0.4, -0.2) is 35.0 Å². The lowest BCUT2D eigenvalue weighted by Gasteiger charge is -2.30. The minimum Gasteiger partial charge on any atom is -0.481 e. The first kappa shape index (κ1) is 14.8. The molecule has 4 nitrogen and oxygen atoms in total. The molecule has 2 aromatic rings. The number of benzene rings is 1. The number of nitrogens with zero attached hydrogens (tertiary/aromatic N) is 1. The molecule has 1 fully saturated rings. The number of hydrogen-bond donors (Lipinski definition) is 1. The standard InChI is InChI=1S/C17H17NO3S/c19-16(18-9-4-7-13(11-18)17(20)21)15-14(8-10-22-15)12-5-2-1-3-6-12/h1-3,5-6,8,10,13H,4,7,9,11H2,(H,20,21). The third-order valence-corrected chi connectivity index (χ3v) is 4.90. The van der Waals surface area contributed by atoms with Gasteiger partial charge in [0.25, 0.3) is 5.91 Å². The lowest BCUT2D eigenvalue weighted by molar-refractivity contribution is -0.143. The van der Waals surface area contributed by atoms with E-state index in [1.54, 1.807) is 4.90 Å². The van der Waals surface area contributed by atoms with Gasteiger partial charge in [-0.2, -0.15) is 0 Å². The van der Waals surface area contributed by atoms with Crippen LogP contribution in [0.3, 0.4) is 0 Å². The second kappa shape index (κ2) is 6.32. The summed E-state index contributed by atoms with van der Waals surface area (Å²) in [4.78, 5) is 26.3. The van der Waals surface area contributed by atoms with E-state index in [-0.39, 0.29) is 5.91 Å². The van der Waals surface area contributed by atoms with E-state index in [1.807, 2.05) is 41.8 Å². The Hall–Kier alpha value is -2.14. The van der Waals surface area contributed by atoms with Crippen molar-refractivity contribution < 1.29 is 14.7 Å². The fourth-order valence-corrected chi connectivity index (χ4v) is 3.71. The molecule has 114 valence electrons. The quantitative estimate of drug-likeness (QED) is 0.945. The van der Waals surface area contributed by atoms with Crippen LogP contribution in [0.1, 0.15) is 22.5 Å². The zero-order chi connectivity index (χ0) is 15.5. The Labute approximate surface area is 133 Å². The van der Waals surface area contributed by atoms with Gasteiger partial charge in [0.15, 0.2) is 0 Å². The van der Waals surface area contributed by atoms with Crippen molar-refractivity contribution >= 4 is 23.2 Å². The molecule has 0 radical (unpaired) electrons. The lowest BCUT2D eigenvalue weighted by atomic mass is 9.97. The van der Waals surface area contributed by atoms with Gasteiger partial charge in [-0.15, -0.1) is 11.3 Å². The van der Waals surface area contributed by atoms with Crippen LogP contribution < -0.4 is 0 Å². The van der Waals surface area contributed by atoms with Crippen molar-refractivity contribution in [1.29, 1.82) is 0 Å². The van der Waals surface area contributed by atoms with Gasteiger partial charge in [0.2, 0.25) is 0 Å². The molecule has 1 aromatic heterocycles. The first-order valence-electron chi connectivity index (χ1n) is 7.32. The van der Waals surface area contributed by atoms with E-state index in [0.717, 1.165) is 17.5 Å². The summed E-state index contributed by atoms with van der Waals surface area (Å²) in [6, 6.07) is 11.8. The highest BCUT2D eigenvalue weighted by Crippen LogP contribution is 2.30. The van der Waals surface area contributed by atoms with Gasteiger partial charge in [-0.1, -0.05) is 30.3 Å². The normalized spacial score (nSPS) is 18.2. The topological polar surface area (TPSA) is 57.6 Å². The van der Waals surface area contributed by atoms with E-state index in [9.17, 15) is 9.59 Å². The monoisotopic (exact) mass is 315 g/mol. The maximum absolute atomic E-state index is 12.8. The number of hydrogen-bond acceptors (Lipinski definition) is 3. The molecule has 1 aromatic carbocycles. The average Bonchev–Trinajstić information content (AvgIpc) is 3.04. The molecule has 0 bridgehead atoms. The van der Waals surface area contributed by atoms with E-state index in [1.165, 1.54) is 11.3 Å². The lowest BCUT2D eigenvalue weighted by Crippen LogP contribution is -2.42. The maximum atomic E-state index is 12.8. The summed E-state index contributed by atoms with van der Waals surface area (Å²) in [7, 11) is 0. The van der Waals surface area contributed by atoms with Gasteiger partial charge in [-0.3, -0.25) is 9.59 Å². The van der Waals surface area contributed by atoms with Gasteiger partial charge < -0.3 is 10.0 Å². The van der Waals surface area contributed by atoms with Crippen molar-refractivity contribution in [2.45, 2.75) is 12.8 Å². The summed E-state index contributed by atoms with van der Waals surface area (Å²) < 4.78 is 0. The highest BCUT2D eigenvalue weighted by molar-refractivity contribution is 7.12. The molecule has 1 unspecified atom stereocenters. The predicted octanol–water partition coefficient (Wildman–Crippen LogP) is 3.35. The molecule has 0 aliphatic carbocycles. The van der Waals surface area contributed by atoms with Crippen molar-refractivity contribution in [3.05, 3.63) is 46.7 Å². The number of carbonyl (C=O) groups excluding carboxylic acids is 1. The van der Waals surface area contributed by atoms with Crippen molar-refractivity contribution in [1.82, 2.24) is 4.90 Å². The smallest absolute Gasteiger partial charge is 0.308 e. The number of carbonyl (C=O) groups is 2. The Morgan fingerprint density at radius 3 is 2.68 bits per heavy atom. The Morgan fingerprint density at radius 1 is 1.18 bits per heavy atom. The molecule has 0 saturated carbocycles. The fourth-order valence-electron chi connectivity index (χ4n) is 2.83.